The van der Waals surface area contributed by atoms with Crippen molar-refractivity contribution >= 4 is 35.8 Å². The SMILES string of the molecule is CCOCCCCNC(=NCC(=O)N(C)C)NCCc1ccc(OC)cc1.I. The number of unbranched alkanes of at least 4 members (excludes halogenated alkanes) is 1. The predicted molar refractivity (Wildman–Crippen MR) is 125 cm³/mol. The molecule has 0 aromatic heterocycles. The number of amides is 1. The summed E-state index contributed by atoms with van der Waals surface area (Å²) >= 11 is 0. The minimum atomic E-state index is -0.0254. The van der Waals surface area contributed by atoms with Gasteiger partial charge in [-0.1, -0.05) is 12.1 Å². The Hall–Kier alpha value is -1.55. The van der Waals surface area contributed by atoms with Gasteiger partial charge in [0, 0.05) is 40.4 Å². The van der Waals surface area contributed by atoms with E-state index in [9.17, 15) is 4.79 Å². The fourth-order valence-corrected chi connectivity index (χ4v) is 2.26. The zero-order valence-electron chi connectivity index (χ0n) is 17.5. The van der Waals surface area contributed by atoms with Crippen LogP contribution in [0, 0.1) is 0 Å². The van der Waals surface area contributed by atoms with Gasteiger partial charge in [0.05, 0.1) is 7.11 Å². The topological polar surface area (TPSA) is 75.2 Å². The number of likely N-dealkylation sites (N-methyl/N-ethyl adjacent to an activating group) is 1. The Morgan fingerprint density at radius 3 is 2.39 bits per heavy atom. The monoisotopic (exact) mass is 506 g/mol. The Morgan fingerprint density at radius 1 is 1.11 bits per heavy atom. The Kier molecular flexibility index (Phi) is 15.5. The normalized spacial score (nSPS) is 10.8. The maximum absolute atomic E-state index is 11.8. The van der Waals surface area contributed by atoms with E-state index in [-0.39, 0.29) is 36.4 Å². The van der Waals surface area contributed by atoms with Crippen LogP contribution >= 0.6 is 24.0 Å². The first-order valence-electron chi connectivity index (χ1n) is 9.49. The van der Waals surface area contributed by atoms with Crippen molar-refractivity contribution in [2.24, 2.45) is 4.99 Å². The number of aliphatic imine (C=N–C) groups is 1. The zero-order chi connectivity index (χ0) is 19.9. The summed E-state index contributed by atoms with van der Waals surface area (Å²) in [6, 6.07) is 8.01. The van der Waals surface area contributed by atoms with Crippen LogP contribution < -0.4 is 15.4 Å². The number of nitrogens with zero attached hydrogens (tertiary/aromatic N) is 2. The molecule has 1 amide bonds. The lowest BCUT2D eigenvalue weighted by Crippen LogP contribution is -2.40. The van der Waals surface area contributed by atoms with E-state index in [1.165, 1.54) is 5.56 Å². The van der Waals surface area contributed by atoms with Gasteiger partial charge in [0.15, 0.2) is 5.96 Å². The number of hydrogen-bond donors (Lipinski definition) is 2. The van der Waals surface area contributed by atoms with Crippen LogP contribution in [-0.2, 0) is 16.0 Å². The van der Waals surface area contributed by atoms with Crippen LogP contribution in [0.2, 0.25) is 0 Å². The van der Waals surface area contributed by atoms with Gasteiger partial charge >= 0.3 is 0 Å². The van der Waals surface area contributed by atoms with Crippen LogP contribution in [0.25, 0.3) is 0 Å². The first kappa shape index (κ1) is 26.4. The van der Waals surface area contributed by atoms with Gasteiger partial charge < -0.3 is 25.0 Å². The van der Waals surface area contributed by atoms with Gasteiger partial charge in [-0.25, -0.2) is 4.99 Å². The Balaban J connectivity index is 0.00000729. The number of nitrogens with one attached hydrogen (secondary N) is 2. The summed E-state index contributed by atoms with van der Waals surface area (Å²) in [6.07, 6.45) is 2.84. The molecule has 0 bridgehead atoms. The maximum Gasteiger partial charge on any atom is 0.243 e. The number of hydrogen-bond acceptors (Lipinski definition) is 4. The largest absolute Gasteiger partial charge is 0.497 e. The van der Waals surface area contributed by atoms with E-state index < -0.39 is 0 Å². The minimum Gasteiger partial charge on any atom is -0.497 e. The zero-order valence-corrected chi connectivity index (χ0v) is 19.8. The van der Waals surface area contributed by atoms with E-state index in [2.05, 4.69) is 15.6 Å². The number of benzene rings is 1. The van der Waals surface area contributed by atoms with E-state index in [4.69, 9.17) is 9.47 Å². The second-order valence-corrected chi connectivity index (χ2v) is 6.31. The number of methoxy groups -OCH3 is 1. The Labute approximate surface area is 186 Å². The molecule has 0 atom stereocenters. The van der Waals surface area contributed by atoms with Crippen LogP contribution in [0.3, 0.4) is 0 Å². The molecule has 8 heteroatoms. The van der Waals surface area contributed by atoms with Crippen molar-refractivity contribution in [2.75, 3.05) is 54.1 Å². The molecule has 0 fully saturated rings. The number of rotatable bonds is 12. The molecular formula is C20H35IN4O3. The first-order valence-corrected chi connectivity index (χ1v) is 9.49. The number of carbonyl (C=O) groups excluding carboxylic acids is 1. The quantitative estimate of drug-likeness (QED) is 0.197. The van der Waals surface area contributed by atoms with E-state index in [0.717, 1.165) is 51.3 Å². The summed E-state index contributed by atoms with van der Waals surface area (Å²) in [5.41, 5.74) is 1.21. The molecule has 1 aromatic rings. The summed E-state index contributed by atoms with van der Waals surface area (Å²) in [5.74, 6) is 1.49. The summed E-state index contributed by atoms with van der Waals surface area (Å²) in [4.78, 5) is 17.7. The van der Waals surface area contributed by atoms with Crippen molar-refractivity contribution in [2.45, 2.75) is 26.2 Å². The highest BCUT2D eigenvalue weighted by Gasteiger charge is 2.04. The van der Waals surface area contributed by atoms with Gasteiger partial charge in [-0.2, -0.15) is 0 Å². The Morgan fingerprint density at radius 2 is 1.79 bits per heavy atom. The highest BCUT2D eigenvalue weighted by Crippen LogP contribution is 2.11. The molecule has 0 aliphatic heterocycles. The summed E-state index contributed by atoms with van der Waals surface area (Å²) in [7, 11) is 5.12. The van der Waals surface area contributed by atoms with Gasteiger partial charge in [0.2, 0.25) is 5.91 Å². The molecule has 28 heavy (non-hydrogen) atoms. The standard InChI is InChI=1S/C20H34N4O3.HI/c1-5-27-15-7-6-13-21-20(23-16-19(25)24(2)3)22-14-12-17-8-10-18(26-4)11-9-17;/h8-11H,5-7,12-16H2,1-4H3,(H2,21,22,23);1H. The fourth-order valence-electron chi connectivity index (χ4n) is 2.26. The second kappa shape index (κ2) is 16.4. The van der Waals surface area contributed by atoms with Crippen molar-refractivity contribution in [1.29, 1.82) is 0 Å². The molecule has 160 valence electrons. The number of ether oxygens (including phenoxy) is 2. The lowest BCUT2D eigenvalue weighted by Gasteiger charge is -2.14. The Bertz CT molecular complexity index is 565. The van der Waals surface area contributed by atoms with Crippen LogP contribution in [0.4, 0.5) is 0 Å². The van der Waals surface area contributed by atoms with E-state index >= 15 is 0 Å². The van der Waals surface area contributed by atoms with Crippen molar-refractivity contribution in [1.82, 2.24) is 15.5 Å². The smallest absolute Gasteiger partial charge is 0.243 e. The molecule has 0 radical (unpaired) electrons. The van der Waals surface area contributed by atoms with Crippen LogP contribution in [0.1, 0.15) is 25.3 Å². The van der Waals surface area contributed by atoms with Gasteiger partial charge in [-0.15, -0.1) is 24.0 Å². The van der Waals surface area contributed by atoms with Crippen LogP contribution in [-0.4, -0.2) is 70.8 Å². The summed E-state index contributed by atoms with van der Waals surface area (Å²) in [6.45, 7) is 5.17. The second-order valence-electron chi connectivity index (χ2n) is 6.31. The average molecular weight is 506 g/mol. The van der Waals surface area contributed by atoms with Crippen molar-refractivity contribution in [3.05, 3.63) is 29.8 Å². The van der Waals surface area contributed by atoms with E-state index in [1.807, 2.05) is 31.2 Å². The number of guanidine groups is 1. The predicted octanol–water partition coefficient (Wildman–Crippen LogP) is 2.30. The molecule has 7 nitrogen and oxygen atoms in total. The van der Waals surface area contributed by atoms with Gasteiger partial charge in [0.1, 0.15) is 12.3 Å². The summed E-state index contributed by atoms with van der Waals surface area (Å²) in [5, 5.41) is 6.59. The summed E-state index contributed by atoms with van der Waals surface area (Å²) < 4.78 is 10.5. The molecule has 0 heterocycles. The third kappa shape index (κ3) is 12.0. The maximum atomic E-state index is 11.8. The molecular weight excluding hydrogens is 471 g/mol. The van der Waals surface area contributed by atoms with E-state index in [1.54, 1.807) is 26.1 Å². The van der Waals surface area contributed by atoms with Gasteiger partial charge in [-0.3, -0.25) is 4.79 Å². The minimum absolute atomic E-state index is 0. The average Bonchev–Trinajstić information content (AvgIpc) is 2.68. The molecule has 0 aliphatic carbocycles. The molecule has 0 unspecified atom stereocenters. The fraction of sp³-hybridized carbons (Fsp3) is 0.600. The molecule has 0 aliphatic rings. The lowest BCUT2D eigenvalue weighted by atomic mass is 10.1. The molecule has 1 rings (SSSR count). The van der Waals surface area contributed by atoms with E-state index in [0.29, 0.717) is 5.96 Å². The third-order valence-electron chi connectivity index (χ3n) is 3.95. The van der Waals surface area contributed by atoms with Gasteiger partial charge in [-0.05, 0) is 43.9 Å². The lowest BCUT2D eigenvalue weighted by molar-refractivity contribution is -0.127. The van der Waals surface area contributed by atoms with Gasteiger partial charge in [0.25, 0.3) is 0 Å². The van der Waals surface area contributed by atoms with Crippen LogP contribution in [0.5, 0.6) is 5.75 Å². The molecule has 0 saturated heterocycles. The highest BCUT2D eigenvalue weighted by molar-refractivity contribution is 14.0. The first-order chi connectivity index (χ1) is 13.1. The molecule has 0 spiro atoms. The van der Waals surface area contributed by atoms with Crippen molar-refractivity contribution < 1.29 is 14.3 Å². The number of carbonyl (C=O) groups is 1. The molecule has 2 N–H and O–H groups in total. The van der Waals surface area contributed by atoms with Crippen molar-refractivity contribution in [3.8, 4) is 5.75 Å². The van der Waals surface area contributed by atoms with Crippen LogP contribution in [0.15, 0.2) is 29.3 Å². The highest BCUT2D eigenvalue weighted by atomic mass is 127. The number of halogens is 1. The third-order valence-corrected chi connectivity index (χ3v) is 3.95. The van der Waals surface area contributed by atoms with Crippen molar-refractivity contribution in [3.63, 3.8) is 0 Å². The molecule has 1 aromatic carbocycles. The molecule has 0 saturated carbocycles.